The van der Waals surface area contributed by atoms with Gasteiger partial charge in [0.15, 0.2) is 17.5 Å². The monoisotopic (exact) mass is 749 g/mol. The second kappa shape index (κ2) is 13.8. The maximum absolute atomic E-state index is 6.57. The molecule has 0 saturated carbocycles. The van der Waals surface area contributed by atoms with Crippen molar-refractivity contribution in [3.63, 3.8) is 0 Å². The van der Waals surface area contributed by atoms with Crippen molar-refractivity contribution >= 4 is 25.2 Å². The van der Waals surface area contributed by atoms with Crippen molar-refractivity contribution in [2.24, 2.45) is 0 Å². The quantitative estimate of drug-likeness (QED) is 0.160. The summed E-state index contributed by atoms with van der Waals surface area (Å²) < 4.78 is 26.3. The molecule has 0 N–H and O–H groups in total. The summed E-state index contributed by atoms with van der Waals surface area (Å²) in [7, 11) is -1.22. The third kappa shape index (κ3) is 7.76. The van der Waals surface area contributed by atoms with E-state index in [1.165, 1.54) is 16.7 Å². The van der Waals surface area contributed by atoms with E-state index in [9.17, 15) is 0 Å². The highest BCUT2D eigenvalue weighted by Gasteiger charge is 2.54. The molecule has 7 nitrogen and oxygen atoms in total. The first-order chi connectivity index (χ1) is 25.9. The smallest absolute Gasteiger partial charge is 0.399 e. The highest BCUT2D eigenvalue weighted by atomic mass is 16.7. The highest BCUT2D eigenvalue weighted by Crippen LogP contribution is 2.39. The van der Waals surface area contributed by atoms with Crippen molar-refractivity contribution in [2.45, 2.75) is 130 Å². The molecule has 2 fully saturated rings. The molecule has 2 saturated heterocycles. The summed E-state index contributed by atoms with van der Waals surface area (Å²) in [6.07, 6.45) is 0. The number of rotatable bonds is 6. The molecule has 2 aliphatic rings. The van der Waals surface area contributed by atoms with E-state index in [-0.39, 0.29) is 10.8 Å². The molecule has 2 aliphatic heterocycles. The summed E-state index contributed by atoms with van der Waals surface area (Å²) >= 11 is 0. The fourth-order valence-electron chi connectivity index (χ4n) is 6.86. The van der Waals surface area contributed by atoms with Crippen LogP contribution in [0.15, 0.2) is 91.0 Å². The molecule has 5 aromatic rings. The van der Waals surface area contributed by atoms with Gasteiger partial charge in [-0.15, -0.1) is 0 Å². The van der Waals surface area contributed by atoms with Crippen molar-refractivity contribution < 1.29 is 18.6 Å². The number of aromatic nitrogens is 3. The number of hydrogen-bond acceptors (Lipinski definition) is 7. The fourth-order valence-corrected chi connectivity index (χ4v) is 6.86. The first-order valence-electron chi connectivity index (χ1n) is 19.9. The Morgan fingerprint density at radius 1 is 0.393 bits per heavy atom. The second-order valence-corrected chi connectivity index (χ2v) is 19.6. The van der Waals surface area contributed by atoms with Crippen LogP contribution in [-0.4, -0.2) is 51.6 Å². The molecule has 1 aromatic heterocycles. The molecule has 56 heavy (non-hydrogen) atoms. The number of nitrogens with zero attached hydrogens (tertiary/aromatic N) is 3. The molecule has 0 bridgehead atoms. The second-order valence-electron chi connectivity index (χ2n) is 19.6. The molecule has 3 heterocycles. The van der Waals surface area contributed by atoms with Crippen molar-refractivity contribution in [3.8, 4) is 45.3 Å². The zero-order valence-electron chi connectivity index (χ0n) is 35.8. The summed E-state index contributed by atoms with van der Waals surface area (Å²) in [6, 6.07) is 31.8. The largest absolute Gasteiger partial charge is 0.494 e. The van der Waals surface area contributed by atoms with E-state index < -0.39 is 36.6 Å². The van der Waals surface area contributed by atoms with Crippen LogP contribution < -0.4 is 10.9 Å². The minimum Gasteiger partial charge on any atom is -0.399 e. The van der Waals surface area contributed by atoms with E-state index in [4.69, 9.17) is 33.6 Å². The Hall–Kier alpha value is -4.14. The van der Waals surface area contributed by atoms with Crippen molar-refractivity contribution in [1.82, 2.24) is 15.0 Å². The average molecular weight is 750 g/mol. The predicted molar refractivity (Wildman–Crippen MR) is 230 cm³/mol. The van der Waals surface area contributed by atoms with Gasteiger partial charge in [0.2, 0.25) is 0 Å². The molecule has 0 atom stereocenters. The highest BCUT2D eigenvalue weighted by molar-refractivity contribution is 6.66. The lowest BCUT2D eigenvalue weighted by molar-refractivity contribution is 0.00578. The van der Waals surface area contributed by atoms with Crippen molar-refractivity contribution in [1.29, 1.82) is 0 Å². The Morgan fingerprint density at radius 2 is 0.750 bits per heavy atom. The topological polar surface area (TPSA) is 75.6 Å². The standard InChI is InChI=1S/C47H57B2N3O4/c1-42(2,3)35-24-33(25-36(28-35)43(4,5)6)30-20-22-32(23-21-30)40-50-39(31-18-16-15-17-19-31)51-41(52-40)34-26-37(48-53-44(7,8)45(9,10)54-48)29-38(27-34)49-55-46(11,12)47(13,14)56-49/h15-29H,1-14H3. The summed E-state index contributed by atoms with van der Waals surface area (Å²) in [6.45, 7) is 30.1. The van der Waals surface area contributed by atoms with Crippen LogP contribution >= 0.6 is 0 Å². The summed E-state index contributed by atoms with van der Waals surface area (Å²) in [4.78, 5) is 15.3. The first-order valence-corrected chi connectivity index (χ1v) is 19.9. The van der Waals surface area contributed by atoms with E-state index >= 15 is 0 Å². The van der Waals surface area contributed by atoms with E-state index in [0.717, 1.165) is 33.2 Å². The first kappa shape index (κ1) is 40.1. The molecule has 0 radical (unpaired) electrons. The van der Waals surface area contributed by atoms with Gasteiger partial charge >= 0.3 is 14.2 Å². The number of hydrogen-bond donors (Lipinski definition) is 0. The van der Waals surface area contributed by atoms with Gasteiger partial charge < -0.3 is 18.6 Å². The zero-order chi connectivity index (χ0) is 40.6. The average Bonchev–Trinajstić information content (AvgIpc) is 3.50. The third-order valence-corrected chi connectivity index (χ3v) is 12.1. The van der Waals surface area contributed by atoms with Crippen LogP contribution in [0.1, 0.15) is 108 Å². The van der Waals surface area contributed by atoms with Gasteiger partial charge in [0, 0.05) is 16.7 Å². The number of benzene rings is 4. The van der Waals surface area contributed by atoms with Crippen LogP contribution in [-0.2, 0) is 29.4 Å². The Kier molecular flexibility index (Phi) is 9.85. The van der Waals surface area contributed by atoms with E-state index in [2.05, 4.69) is 158 Å². The van der Waals surface area contributed by atoms with Gasteiger partial charge in [-0.25, -0.2) is 15.0 Å². The van der Waals surface area contributed by atoms with Crippen LogP contribution in [0.2, 0.25) is 0 Å². The van der Waals surface area contributed by atoms with Crippen LogP contribution in [0.3, 0.4) is 0 Å². The molecular weight excluding hydrogens is 692 g/mol. The molecule has 9 heteroatoms. The molecule has 0 amide bonds. The molecule has 0 unspecified atom stereocenters. The van der Waals surface area contributed by atoms with Crippen molar-refractivity contribution in [2.75, 3.05) is 0 Å². The van der Waals surface area contributed by atoms with Crippen LogP contribution in [0.25, 0.3) is 45.3 Å². The minimum absolute atomic E-state index is 0.0209. The van der Waals surface area contributed by atoms with Gasteiger partial charge in [0.1, 0.15) is 0 Å². The van der Waals surface area contributed by atoms with E-state index in [0.29, 0.717) is 17.5 Å². The maximum atomic E-state index is 6.57. The molecule has 4 aromatic carbocycles. The van der Waals surface area contributed by atoms with Gasteiger partial charge in [-0.3, -0.25) is 0 Å². The van der Waals surface area contributed by atoms with Gasteiger partial charge in [0.25, 0.3) is 0 Å². The molecule has 0 aliphatic carbocycles. The lowest BCUT2D eigenvalue weighted by atomic mass is 9.71. The Labute approximate surface area is 335 Å². The normalized spacial score (nSPS) is 18.8. The van der Waals surface area contributed by atoms with Crippen LogP contribution in [0, 0.1) is 0 Å². The molecule has 0 spiro atoms. The van der Waals surface area contributed by atoms with Crippen molar-refractivity contribution in [3.05, 3.63) is 102 Å². The van der Waals surface area contributed by atoms with E-state index in [1.807, 2.05) is 30.3 Å². The third-order valence-electron chi connectivity index (χ3n) is 12.1. The maximum Gasteiger partial charge on any atom is 0.494 e. The fraction of sp³-hybridized carbons (Fsp3) is 0.426. The van der Waals surface area contributed by atoms with Crippen LogP contribution in [0.5, 0.6) is 0 Å². The predicted octanol–water partition coefficient (Wildman–Crippen LogP) is 9.73. The van der Waals surface area contributed by atoms with Gasteiger partial charge in [0.05, 0.1) is 22.4 Å². The minimum atomic E-state index is -0.612. The molecular formula is C47H57B2N3O4. The zero-order valence-corrected chi connectivity index (χ0v) is 35.8. The Balaban J connectivity index is 1.35. The van der Waals surface area contributed by atoms with Gasteiger partial charge in [-0.2, -0.15) is 0 Å². The molecule has 7 rings (SSSR count). The lowest BCUT2D eigenvalue weighted by Gasteiger charge is -2.32. The summed E-state index contributed by atoms with van der Waals surface area (Å²) in [5.74, 6) is 1.69. The van der Waals surface area contributed by atoms with E-state index in [1.54, 1.807) is 0 Å². The lowest BCUT2D eigenvalue weighted by Crippen LogP contribution is -2.41. The Bertz CT molecular complexity index is 2140. The summed E-state index contributed by atoms with van der Waals surface area (Å²) in [5, 5.41) is 0. The SMILES string of the molecule is CC(C)(C)c1cc(-c2ccc(-c3nc(-c4ccccc4)nc(-c4cc(B5OC(C)(C)C(C)(C)O5)cc(B5OC(C)(C)C(C)(C)O5)c4)n3)cc2)cc(C(C)(C)C)c1. The van der Waals surface area contributed by atoms with Crippen LogP contribution in [0.4, 0.5) is 0 Å². The summed E-state index contributed by atoms with van der Waals surface area (Å²) in [5.41, 5.74) is 7.20. The van der Waals surface area contributed by atoms with Gasteiger partial charge in [-0.05, 0) is 99.4 Å². The Morgan fingerprint density at radius 3 is 1.14 bits per heavy atom. The molecule has 290 valence electrons. The van der Waals surface area contributed by atoms with Gasteiger partial charge in [-0.1, -0.05) is 133 Å².